The SMILES string of the molecule is Cc1cnc(C(=O)N2CCCC(c3noc(C)n3)C2)[nH]1. The number of hydrogen-bond acceptors (Lipinski definition) is 5. The summed E-state index contributed by atoms with van der Waals surface area (Å²) in [5.41, 5.74) is 0.885. The first-order valence-electron chi connectivity index (χ1n) is 6.74. The highest BCUT2D eigenvalue weighted by molar-refractivity contribution is 5.90. The minimum Gasteiger partial charge on any atom is -0.340 e. The van der Waals surface area contributed by atoms with Crippen LogP contribution in [-0.4, -0.2) is 44.0 Å². The van der Waals surface area contributed by atoms with Crippen molar-refractivity contribution in [2.45, 2.75) is 32.6 Å². The molecule has 2 aromatic rings. The van der Waals surface area contributed by atoms with E-state index in [9.17, 15) is 4.79 Å². The number of rotatable bonds is 2. The Labute approximate surface area is 116 Å². The van der Waals surface area contributed by atoms with Crippen molar-refractivity contribution in [3.8, 4) is 0 Å². The molecule has 1 atom stereocenters. The number of carbonyl (C=O) groups is 1. The molecule has 0 aromatic carbocycles. The number of nitrogens with one attached hydrogen (secondary N) is 1. The largest absolute Gasteiger partial charge is 0.340 e. The second-order valence-electron chi connectivity index (χ2n) is 5.18. The Bertz CT molecular complexity index is 618. The standard InChI is InChI=1S/C13H17N5O2/c1-8-6-14-12(15-8)13(19)18-5-3-4-10(7-18)11-16-9(2)20-17-11/h6,10H,3-5,7H2,1-2H3,(H,14,15). The van der Waals surface area contributed by atoms with E-state index in [4.69, 9.17) is 4.52 Å². The van der Waals surface area contributed by atoms with Gasteiger partial charge in [-0.3, -0.25) is 4.79 Å². The van der Waals surface area contributed by atoms with E-state index in [1.54, 1.807) is 18.0 Å². The summed E-state index contributed by atoms with van der Waals surface area (Å²) in [5.74, 6) is 1.72. The first-order valence-corrected chi connectivity index (χ1v) is 6.74. The molecular formula is C13H17N5O2. The van der Waals surface area contributed by atoms with Crippen molar-refractivity contribution in [1.29, 1.82) is 0 Å². The van der Waals surface area contributed by atoms with Gasteiger partial charge in [0.05, 0.1) is 0 Å². The van der Waals surface area contributed by atoms with Gasteiger partial charge in [-0.05, 0) is 19.8 Å². The molecule has 1 fully saturated rings. The number of carbonyl (C=O) groups excluding carboxylic acids is 1. The summed E-state index contributed by atoms with van der Waals surface area (Å²) in [6, 6.07) is 0. The van der Waals surface area contributed by atoms with Crippen LogP contribution in [0.1, 0.15) is 46.8 Å². The van der Waals surface area contributed by atoms with Crippen LogP contribution in [-0.2, 0) is 0 Å². The molecule has 3 heterocycles. The number of piperidine rings is 1. The topological polar surface area (TPSA) is 87.9 Å². The third-order valence-electron chi connectivity index (χ3n) is 3.52. The molecule has 0 saturated carbocycles. The Morgan fingerprint density at radius 1 is 1.50 bits per heavy atom. The van der Waals surface area contributed by atoms with Gasteiger partial charge in [0.15, 0.2) is 11.6 Å². The predicted molar refractivity (Wildman–Crippen MR) is 70.2 cm³/mol. The number of amides is 1. The van der Waals surface area contributed by atoms with E-state index in [2.05, 4.69) is 20.1 Å². The maximum Gasteiger partial charge on any atom is 0.289 e. The van der Waals surface area contributed by atoms with E-state index < -0.39 is 0 Å². The third kappa shape index (κ3) is 2.43. The number of nitrogens with zero attached hydrogens (tertiary/aromatic N) is 4. The number of aromatic amines is 1. The van der Waals surface area contributed by atoms with Crippen molar-refractivity contribution in [3.05, 3.63) is 29.4 Å². The van der Waals surface area contributed by atoms with Crippen LogP contribution in [0.25, 0.3) is 0 Å². The van der Waals surface area contributed by atoms with Crippen LogP contribution in [0.2, 0.25) is 0 Å². The van der Waals surface area contributed by atoms with Gasteiger partial charge < -0.3 is 14.4 Å². The highest BCUT2D eigenvalue weighted by atomic mass is 16.5. The number of H-pyrrole nitrogens is 1. The molecule has 2 aromatic heterocycles. The summed E-state index contributed by atoms with van der Waals surface area (Å²) >= 11 is 0. The van der Waals surface area contributed by atoms with E-state index >= 15 is 0 Å². The summed E-state index contributed by atoms with van der Waals surface area (Å²) < 4.78 is 5.02. The van der Waals surface area contributed by atoms with Crippen molar-refractivity contribution in [3.63, 3.8) is 0 Å². The average molecular weight is 275 g/mol. The predicted octanol–water partition coefficient (Wildman–Crippen LogP) is 1.43. The van der Waals surface area contributed by atoms with Crippen LogP contribution < -0.4 is 0 Å². The van der Waals surface area contributed by atoms with Crippen LogP contribution in [0.5, 0.6) is 0 Å². The quantitative estimate of drug-likeness (QED) is 0.895. The molecule has 0 radical (unpaired) electrons. The molecule has 0 bridgehead atoms. The molecule has 3 rings (SSSR count). The number of hydrogen-bond donors (Lipinski definition) is 1. The minimum absolute atomic E-state index is 0.0667. The monoisotopic (exact) mass is 275 g/mol. The first kappa shape index (κ1) is 12.8. The zero-order chi connectivity index (χ0) is 14.1. The lowest BCUT2D eigenvalue weighted by molar-refractivity contribution is 0.0692. The van der Waals surface area contributed by atoms with E-state index in [1.165, 1.54) is 0 Å². The lowest BCUT2D eigenvalue weighted by atomic mass is 9.97. The van der Waals surface area contributed by atoms with Gasteiger partial charge in [-0.1, -0.05) is 5.16 Å². The molecule has 1 aliphatic heterocycles. The van der Waals surface area contributed by atoms with Crippen molar-refractivity contribution < 1.29 is 9.32 Å². The van der Waals surface area contributed by atoms with E-state index in [0.717, 1.165) is 25.1 Å². The van der Waals surface area contributed by atoms with Gasteiger partial charge in [0.1, 0.15) is 0 Å². The Kier molecular flexibility index (Phi) is 3.25. The molecule has 20 heavy (non-hydrogen) atoms. The summed E-state index contributed by atoms with van der Waals surface area (Å²) in [6.07, 6.45) is 3.57. The maximum absolute atomic E-state index is 12.4. The molecule has 7 heteroatoms. The lowest BCUT2D eigenvalue weighted by Gasteiger charge is -2.30. The van der Waals surface area contributed by atoms with Crippen molar-refractivity contribution >= 4 is 5.91 Å². The summed E-state index contributed by atoms with van der Waals surface area (Å²) in [6.45, 7) is 5.00. The van der Waals surface area contributed by atoms with Gasteiger partial charge in [0, 0.05) is 37.8 Å². The Morgan fingerprint density at radius 2 is 2.35 bits per heavy atom. The number of aromatic nitrogens is 4. The molecule has 0 spiro atoms. The van der Waals surface area contributed by atoms with Gasteiger partial charge in [-0.2, -0.15) is 4.98 Å². The van der Waals surface area contributed by atoms with E-state index in [0.29, 0.717) is 24.1 Å². The summed E-state index contributed by atoms with van der Waals surface area (Å²) in [4.78, 5) is 25.5. The fourth-order valence-corrected chi connectivity index (χ4v) is 2.52. The number of aryl methyl sites for hydroxylation is 2. The minimum atomic E-state index is -0.0667. The zero-order valence-corrected chi connectivity index (χ0v) is 11.6. The van der Waals surface area contributed by atoms with Crippen LogP contribution in [0.15, 0.2) is 10.7 Å². The fourth-order valence-electron chi connectivity index (χ4n) is 2.52. The fraction of sp³-hybridized carbons (Fsp3) is 0.538. The van der Waals surface area contributed by atoms with Crippen LogP contribution in [0.4, 0.5) is 0 Å². The molecular weight excluding hydrogens is 258 g/mol. The molecule has 1 saturated heterocycles. The highest BCUT2D eigenvalue weighted by Gasteiger charge is 2.29. The molecule has 7 nitrogen and oxygen atoms in total. The second kappa shape index (κ2) is 5.07. The van der Waals surface area contributed by atoms with E-state index in [-0.39, 0.29) is 11.8 Å². The average Bonchev–Trinajstić information content (AvgIpc) is 3.07. The molecule has 1 unspecified atom stereocenters. The van der Waals surface area contributed by atoms with Crippen LogP contribution >= 0.6 is 0 Å². The van der Waals surface area contributed by atoms with Gasteiger partial charge in [-0.15, -0.1) is 0 Å². The number of likely N-dealkylation sites (tertiary alicyclic amines) is 1. The molecule has 1 aliphatic rings. The maximum atomic E-state index is 12.4. The van der Waals surface area contributed by atoms with Gasteiger partial charge in [0.25, 0.3) is 5.91 Å². The Balaban J connectivity index is 1.73. The second-order valence-corrected chi connectivity index (χ2v) is 5.18. The smallest absolute Gasteiger partial charge is 0.289 e. The third-order valence-corrected chi connectivity index (χ3v) is 3.52. The van der Waals surface area contributed by atoms with Crippen molar-refractivity contribution in [2.75, 3.05) is 13.1 Å². The highest BCUT2D eigenvalue weighted by Crippen LogP contribution is 2.25. The first-order chi connectivity index (χ1) is 9.63. The summed E-state index contributed by atoms with van der Waals surface area (Å²) in [7, 11) is 0. The van der Waals surface area contributed by atoms with Crippen molar-refractivity contribution in [2.24, 2.45) is 0 Å². The Hall–Kier alpha value is -2.18. The van der Waals surface area contributed by atoms with E-state index in [1.807, 2.05) is 6.92 Å². The van der Waals surface area contributed by atoms with Gasteiger partial charge in [-0.25, -0.2) is 4.98 Å². The normalized spacial score (nSPS) is 19.3. The summed E-state index contributed by atoms with van der Waals surface area (Å²) in [5, 5.41) is 3.96. The molecule has 106 valence electrons. The molecule has 0 aliphatic carbocycles. The molecule has 1 amide bonds. The van der Waals surface area contributed by atoms with Crippen molar-refractivity contribution in [1.82, 2.24) is 25.0 Å². The van der Waals surface area contributed by atoms with Gasteiger partial charge in [0.2, 0.25) is 5.89 Å². The number of imidazole rings is 1. The lowest BCUT2D eigenvalue weighted by Crippen LogP contribution is -2.39. The zero-order valence-electron chi connectivity index (χ0n) is 11.6. The van der Waals surface area contributed by atoms with Gasteiger partial charge >= 0.3 is 0 Å². The van der Waals surface area contributed by atoms with Crippen LogP contribution in [0, 0.1) is 13.8 Å². The van der Waals surface area contributed by atoms with Crippen LogP contribution in [0.3, 0.4) is 0 Å². The molecule has 1 N–H and O–H groups in total. The Morgan fingerprint density at radius 3 is 3.00 bits per heavy atom.